The van der Waals surface area contributed by atoms with Crippen molar-refractivity contribution < 1.29 is 14.3 Å². The minimum absolute atomic E-state index is 0.0241. The molecule has 1 fully saturated rings. The molecule has 166 valence electrons. The third kappa shape index (κ3) is 5.64. The summed E-state index contributed by atoms with van der Waals surface area (Å²) in [5, 5.41) is 2.96. The van der Waals surface area contributed by atoms with Crippen LogP contribution in [0.2, 0.25) is 0 Å². The molecular weight excluding hydrogens is 390 g/mol. The Hall–Kier alpha value is -2.86. The lowest BCUT2D eigenvalue weighted by molar-refractivity contribution is -0.139. The molecule has 6 heteroatoms. The number of hydrogen-bond acceptors (Lipinski definition) is 4. The molecule has 2 aromatic rings. The van der Waals surface area contributed by atoms with Crippen molar-refractivity contribution in [2.75, 3.05) is 13.7 Å². The Morgan fingerprint density at radius 2 is 1.74 bits per heavy atom. The molecule has 3 unspecified atom stereocenters. The summed E-state index contributed by atoms with van der Waals surface area (Å²) in [6.07, 6.45) is 1.16. The molecule has 0 spiro atoms. The van der Waals surface area contributed by atoms with Crippen molar-refractivity contribution in [1.29, 1.82) is 0 Å². The number of methoxy groups -OCH3 is 1. The van der Waals surface area contributed by atoms with Crippen LogP contribution in [0.1, 0.15) is 56.7 Å². The largest absolute Gasteiger partial charge is 0.496 e. The van der Waals surface area contributed by atoms with Gasteiger partial charge in [-0.3, -0.25) is 9.59 Å². The summed E-state index contributed by atoms with van der Waals surface area (Å²) in [6.45, 7) is 5.75. The lowest BCUT2D eigenvalue weighted by Gasteiger charge is -2.33. The summed E-state index contributed by atoms with van der Waals surface area (Å²) >= 11 is 0. The van der Waals surface area contributed by atoms with Crippen LogP contribution < -0.4 is 15.8 Å². The first-order valence-electron chi connectivity index (χ1n) is 10.7. The first-order valence-corrected chi connectivity index (χ1v) is 10.7. The fourth-order valence-corrected chi connectivity index (χ4v) is 4.32. The molecule has 0 saturated carbocycles. The Kier molecular flexibility index (Phi) is 7.01. The second kappa shape index (κ2) is 9.52. The second-order valence-corrected chi connectivity index (χ2v) is 9.21. The van der Waals surface area contributed by atoms with Gasteiger partial charge >= 0.3 is 0 Å². The molecule has 0 radical (unpaired) electrons. The van der Waals surface area contributed by atoms with Gasteiger partial charge in [-0.1, -0.05) is 48.5 Å². The minimum atomic E-state index is -0.689. The number of nitrogens with zero attached hydrogens (tertiary/aromatic N) is 1. The Balaban J connectivity index is 1.99. The highest BCUT2D eigenvalue weighted by molar-refractivity contribution is 5.88. The molecule has 3 atom stereocenters. The third-order valence-electron chi connectivity index (χ3n) is 5.61. The van der Waals surface area contributed by atoms with Gasteiger partial charge in [-0.25, -0.2) is 0 Å². The van der Waals surface area contributed by atoms with E-state index < -0.39 is 6.04 Å². The van der Waals surface area contributed by atoms with Crippen LogP contribution in [0, 0.1) is 0 Å². The Morgan fingerprint density at radius 1 is 1.10 bits per heavy atom. The number of ether oxygens (including phenoxy) is 1. The normalized spacial score (nSPS) is 22.0. The average Bonchev–Trinajstić information content (AvgIpc) is 2.85. The van der Waals surface area contributed by atoms with Gasteiger partial charge in [-0.2, -0.15) is 0 Å². The number of amides is 2. The highest BCUT2D eigenvalue weighted by Crippen LogP contribution is 2.41. The van der Waals surface area contributed by atoms with E-state index in [0.717, 1.165) is 16.9 Å². The van der Waals surface area contributed by atoms with E-state index in [1.54, 1.807) is 12.0 Å². The number of benzene rings is 2. The summed E-state index contributed by atoms with van der Waals surface area (Å²) in [6, 6.07) is 16.8. The number of nitrogens with one attached hydrogen (secondary N) is 1. The van der Waals surface area contributed by atoms with Crippen molar-refractivity contribution >= 4 is 11.8 Å². The van der Waals surface area contributed by atoms with Crippen LogP contribution in [0.25, 0.3) is 0 Å². The van der Waals surface area contributed by atoms with Crippen molar-refractivity contribution in [2.24, 2.45) is 5.73 Å². The zero-order chi connectivity index (χ0) is 22.6. The number of para-hydroxylation sites is 1. The highest BCUT2D eigenvalue weighted by Gasteiger charge is 2.38. The first kappa shape index (κ1) is 22.8. The maximum absolute atomic E-state index is 13.4. The van der Waals surface area contributed by atoms with Gasteiger partial charge in [0.2, 0.25) is 11.8 Å². The van der Waals surface area contributed by atoms with E-state index in [0.29, 0.717) is 12.8 Å². The predicted octanol–water partition coefficient (Wildman–Crippen LogP) is 3.38. The standard InChI is InChI=1S/C25H33N3O3/c1-25(2,3)27-23(29)16-28-21(17-10-6-5-7-11-17)15-18(14-20(26)24(28)30)19-12-8-9-13-22(19)31-4/h5-13,18,20-21H,14-16,26H2,1-4H3,(H,27,29). The Bertz CT molecular complexity index is 908. The van der Waals surface area contributed by atoms with Crippen molar-refractivity contribution in [3.8, 4) is 5.75 Å². The summed E-state index contributed by atoms with van der Waals surface area (Å²) in [5.41, 5.74) is 8.02. The molecule has 1 aliphatic heterocycles. The summed E-state index contributed by atoms with van der Waals surface area (Å²) in [5.74, 6) is 0.425. The molecule has 1 saturated heterocycles. The van der Waals surface area contributed by atoms with E-state index in [-0.39, 0.29) is 35.9 Å². The van der Waals surface area contributed by atoms with Crippen LogP contribution in [0.15, 0.2) is 54.6 Å². The van der Waals surface area contributed by atoms with E-state index in [1.165, 1.54) is 0 Å². The molecule has 3 N–H and O–H groups in total. The van der Waals surface area contributed by atoms with Crippen molar-refractivity contribution in [3.63, 3.8) is 0 Å². The van der Waals surface area contributed by atoms with Gasteiger partial charge in [0.15, 0.2) is 0 Å². The lowest BCUT2D eigenvalue weighted by atomic mass is 9.86. The van der Waals surface area contributed by atoms with Crippen LogP contribution in [-0.2, 0) is 9.59 Å². The molecule has 0 aromatic heterocycles. The quantitative estimate of drug-likeness (QED) is 0.772. The number of likely N-dealkylation sites (tertiary alicyclic amines) is 1. The average molecular weight is 424 g/mol. The number of rotatable bonds is 5. The van der Waals surface area contributed by atoms with Gasteiger partial charge in [-0.15, -0.1) is 0 Å². The molecule has 3 rings (SSSR count). The molecule has 0 aliphatic carbocycles. The van der Waals surface area contributed by atoms with Crippen molar-refractivity contribution in [3.05, 3.63) is 65.7 Å². The van der Waals surface area contributed by atoms with E-state index >= 15 is 0 Å². The van der Waals surface area contributed by atoms with Crippen molar-refractivity contribution in [1.82, 2.24) is 10.2 Å². The molecule has 1 heterocycles. The maximum atomic E-state index is 13.4. The molecule has 31 heavy (non-hydrogen) atoms. The summed E-state index contributed by atoms with van der Waals surface area (Å²) < 4.78 is 5.59. The van der Waals surface area contributed by atoms with Crippen LogP contribution in [0.3, 0.4) is 0 Å². The van der Waals surface area contributed by atoms with E-state index in [4.69, 9.17) is 10.5 Å². The highest BCUT2D eigenvalue weighted by atomic mass is 16.5. The zero-order valence-corrected chi connectivity index (χ0v) is 18.8. The van der Waals surface area contributed by atoms with Gasteiger partial charge in [-0.05, 0) is 56.7 Å². The molecule has 2 aromatic carbocycles. The third-order valence-corrected chi connectivity index (χ3v) is 5.61. The number of carbonyl (C=O) groups is 2. The Labute approximate surface area is 184 Å². The number of hydrogen-bond donors (Lipinski definition) is 2. The molecule has 2 amide bonds. The predicted molar refractivity (Wildman–Crippen MR) is 122 cm³/mol. The van der Waals surface area contributed by atoms with Gasteiger partial charge in [0.25, 0.3) is 0 Å². The maximum Gasteiger partial charge on any atom is 0.240 e. The lowest BCUT2D eigenvalue weighted by Crippen LogP contribution is -2.50. The first-order chi connectivity index (χ1) is 14.7. The SMILES string of the molecule is COc1ccccc1C1CC(N)C(=O)N(CC(=O)NC(C)(C)C)C(c2ccccc2)C1. The van der Waals surface area contributed by atoms with Gasteiger partial charge in [0.1, 0.15) is 12.3 Å². The fourth-order valence-electron chi connectivity index (χ4n) is 4.32. The summed E-state index contributed by atoms with van der Waals surface area (Å²) in [4.78, 5) is 27.8. The molecule has 1 aliphatic rings. The summed E-state index contributed by atoms with van der Waals surface area (Å²) in [7, 11) is 1.65. The second-order valence-electron chi connectivity index (χ2n) is 9.21. The molecular formula is C25H33N3O3. The van der Waals surface area contributed by atoms with E-state index in [9.17, 15) is 9.59 Å². The fraction of sp³-hybridized carbons (Fsp3) is 0.440. The monoisotopic (exact) mass is 423 g/mol. The molecule has 0 bridgehead atoms. The molecule has 6 nitrogen and oxygen atoms in total. The van der Waals surface area contributed by atoms with Crippen LogP contribution in [0.4, 0.5) is 0 Å². The van der Waals surface area contributed by atoms with Crippen molar-refractivity contribution in [2.45, 2.75) is 57.2 Å². The smallest absolute Gasteiger partial charge is 0.240 e. The number of carbonyl (C=O) groups excluding carboxylic acids is 2. The van der Waals surface area contributed by atoms with Gasteiger partial charge < -0.3 is 20.7 Å². The van der Waals surface area contributed by atoms with Crippen LogP contribution in [0.5, 0.6) is 5.75 Å². The van der Waals surface area contributed by atoms with Gasteiger partial charge in [0.05, 0.1) is 19.2 Å². The van der Waals surface area contributed by atoms with Crippen LogP contribution >= 0.6 is 0 Å². The minimum Gasteiger partial charge on any atom is -0.496 e. The zero-order valence-electron chi connectivity index (χ0n) is 18.8. The van der Waals surface area contributed by atoms with E-state index in [2.05, 4.69) is 5.32 Å². The number of nitrogens with two attached hydrogens (primary N) is 1. The Morgan fingerprint density at radius 3 is 2.39 bits per heavy atom. The van der Waals surface area contributed by atoms with Crippen LogP contribution in [-0.4, -0.2) is 41.9 Å². The topological polar surface area (TPSA) is 84.7 Å². The van der Waals surface area contributed by atoms with Gasteiger partial charge in [0, 0.05) is 5.54 Å². The van der Waals surface area contributed by atoms with E-state index in [1.807, 2.05) is 75.4 Å².